The number of carbonyl (C=O) groups is 1. The summed E-state index contributed by atoms with van der Waals surface area (Å²) in [7, 11) is 0. The Morgan fingerprint density at radius 2 is 2.44 bits per heavy atom. The number of amides is 1. The van der Waals surface area contributed by atoms with E-state index in [-0.39, 0.29) is 5.91 Å². The van der Waals surface area contributed by atoms with E-state index in [2.05, 4.69) is 5.32 Å². The number of hydrogen-bond acceptors (Lipinski definition) is 2. The van der Waals surface area contributed by atoms with Crippen LogP contribution in [0.4, 0.5) is 0 Å². The van der Waals surface area contributed by atoms with Crippen LogP contribution in [-0.2, 0) is 4.79 Å². The zero-order valence-electron chi connectivity index (χ0n) is 4.80. The van der Waals surface area contributed by atoms with E-state index >= 15 is 0 Å². The summed E-state index contributed by atoms with van der Waals surface area (Å²) in [5.41, 5.74) is 0. The first-order valence-electron chi connectivity index (χ1n) is 2.81. The summed E-state index contributed by atoms with van der Waals surface area (Å²) < 4.78 is 0. The van der Waals surface area contributed by atoms with Gasteiger partial charge >= 0.3 is 0 Å². The van der Waals surface area contributed by atoms with Crippen LogP contribution in [0, 0.1) is 0 Å². The second-order valence-corrected chi connectivity index (χ2v) is 2.52. The maximum atomic E-state index is 10.6. The number of piperidine rings is 1. The molecule has 0 bridgehead atoms. The van der Waals surface area contributed by atoms with E-state index in [1.165, 1.54) is 0 Å². The van der Waals surface area contributed by atoms with Crippen molar-refractivity contribution >= 4 is 17.5 Å². The van der Waals surface area contributed by atoms with Crippen molar-refractivity contribution in [2.24, 2.45) is 0 Å². The SMILES string of the molecule is O=C1NCC[C@H](O)[C@@H]1Cl. The van der Waals surface area contributed by atoms with Gasteiger partial charge in [-0.1, -0.05) is 0 Å². The third-order valence-corrected chi connectivity index (χ3v) is 1.82. The molecular weight excluding hydrogens is 142 g/mol. The number of carbonyl (C=O) groups excluding carboxylic acids is 1. The molecule has 1 aliphatic rings. The highest BCUT2D eigenvalue weighted by Gasteiger charge is 2.27. The molecule has 1 saturated heterocycles. The Labute approximate surface area is 58.0 Å². The number of nitrogens with one attached hydrogen (secondary N) is 1. The minimum absolute atomic E-state index is 0.268. The zero-order chi connectivity index (χ0) is 6.85. The van der Waals surface area contributed by atoms with Gasteiger partial charge in [0.1, 0.15) is 5.38 Å². The molecule has 0 radical (unpaired) electrons. The lowest BCUT2D eigenvalue weighted by Gasteiger charge is -2.21. The molecule has 1 aliphatic heterocycles. The predicted molar refractivity (Wildman–Crippen MR) is 33.3 cm³/mol. The minimum Gasteiger partial charge on any atom is -0.391 e. The lowest BCUT2D eigenvalue weighted by molar-refractivity contribution is -0.124. The van der Waals surface area contributed by atoms with Gasteiger partial charge in [-0.2, -0.15) is 0 Å². The molecule has 0 aromatic carbocycles. The number of aliphatic hydroxyl groups excluding tert-OH is 1. The summed E-state index contributed by atoms with van der Waals surface area (Å²) in [4.78, 5) is 10.6. The first kappa shape index (κ1) is 6.83. The van der Waals surface area contributed by atoms with Gasteiger partial charge in [0.15, 0.2) is 0 Å². The molecule has 0 aliphatic carbocycles. The van der Waals surface area contributed by atoms with E-state index in [1.54, 1.807) is 0 Å². The van der Waals surface area contributed by atoms with Crippen molar-refractivity contribution in [2.45, 2.75) is 17.9 Å². The highest BCUT2D eigenvalue weighted by Crippen LogP contribution is 2.09. The van der Waals surface area contributed by atoms with Gasteiger partial charge in [0.05, 0.1) is 6.10 Å². The zero-order valence-corrected chi connectivity index (χ0v) is 5.56. The van der Waals surface area contributed by atoms with Crippen molar-refractivity contribution in [2.75, 3.05) is 6.54 Å². The molecule has 9 heavy (non-hydrogen) atoms. The molecule has 1 amide bonds. The standard InChI is InChI=1S/C5H8ClNO2/c6-4-3(8)1-2-7-5(4)9/h3-4,8H,1-2H2,(H,7,9)/t3-,4-/m0/s1. The summed E-state index contributed by atoms with van der Waals surface area (Å²) in [5.74, 6) is -0.268. The maximum Gasteiger partial charge on any atom is 0.240 e. The molecule has 0 spiro atoms. The van der Waals surface area contributed by atoms with E-state index in [4.69, 9.17) is 16.7 Å². The summed E-state index contributed by atoms with van der Waals surface area (Å²) in [5, 5.41) is 10.7. The predicted octanol–water partition coefficient (Wildman–Crippen LogP) is -0.525. The van der Waals surface area contributed by atoms with Crippen LogP contribution < -0.4 is 5.32 Å². The average molecular weight is 150 g/mol. The van der Waals surface area contributed by atoms with Gasteiger partial charge in [-0.15, -0.1) is 11.6 Å². The second-order valence-electron chi connectivity index (χ2n) is 2.05. The molecule has 1 fully saturated rings. The molecule has 4 heteroatoms. The molecule has 0 aromatic heterocycles. The Hall–Kier alpha value is -0.280. The van der Waals surface area contributed by atoms with Crippen LogP contribution in [0.15, 0.2) is 0 Å². The fourth-order valence-electron chi connectivity index (χ4n) is 0.762. The second kappa shape index (κ2) is 2.54. The smallest absolute Gasteiger partial charge is 0.240 e. The number of halogens is 1. The van der Waals surface area contributed by atoms with Crippen LogP contribution in [0.25, 0.3) is 0 Å². The third kappa shape index (κ3) is 1.34. The van der Waals surface area contributed by atoms with Crippen LogP contribution in [-0.4, -0.2) is 29.0 Å². The Morgan fingerprint density at radius 3 is 2.89 bits per heavy atom. The normalized spacial score (nSPS) is 36.0. The van der Waals surface area contributed by atoms with E-state index in [0.29, 0.717) is 13.0 Å². The molecule has 2 atom stereocenters. The summed E-state index contributed by atoms with van der Waals surface area (Å²) in [6, 6.07) is 0. The molecule has 0 unspecified atom stereocenters. The summed E-state index contributed by atoms with van der Waals surface area (Å²) in [6.07, 6.45) is -0.111. The van der Waals surface area contributed by atoms with Crippen molar-refractivity contribution in [1.29, 1.82) is 0 Å². The van der Waals surface area contributed by atoms with Crippen LogP contribution in [0.5, 0.6) is 0 Å². The maximum absolute atomic E-state index is 10.6. The van der Waals surface area contributed by atoms with Gasteiger partial charge in [-0.05, 0) is 6.42 Å². The highest BCUT2D eigenvalue weighted by atomic mass is 35.5. The number of alkyl halides is 1. The quantitative estimate of drug-likeness (QED) is 0.455. The Balaban J connectivity index is 2.51. The Bertz CT molecular complexity index is 128. The fourth-order valence-corrected chi connectivity index (χ4v) is 0.965. The largest absolute Gasteiger partial charge is 0.391 e. The van der Waals surface area contributed by atoms with Crippen molar-refractivity contribution in [3.63, 3.8) is 0 Å². The summed E-state index contributed by atoms with van der Waals surface area (Å²) in [6.45, 7) is 0.531. The molecule has 3 nitrogen and oxygen atoms in total. The van der Waals surface area contributed by atoms with E-state index in [9.17, 15) is 4.79 Å². The van der Waals surface area contributed by atoms with Crippen molar-refractivity contribution in [1.82, 2.24) is 5.32 Å². The average Bonchev–Trinajstić information content (AvgIpc) is 1.83. The highest BCUT2D eigenvalue weighted by molar-refractivity contribution is 6.31. The molecule has 52 valence electrons. The van der Waals surface area contributed by atoms with E-state index in [0.717, 1.165) is 0 Å². The Kier molecular flexibility index (Phi) is 1.93. The third-order valence-electron chi connectivity index (χ3n) is 1.33. The first-order chi connectivity index (χ1) is 4.22. The lowest BCUT2D eigenvalue weighted by Crippen LogP contribution is -2.45. The Morgan fingerprint density at radius 1 is 1.78 bits per heavy atom. The fraction of sp³-hybridized carbons (Fsp3) is 0.800. The van der Waals surface area contributed by atoms with Gasteiger partial charge in [0.25, 0.3) is 0 Å². The molecule has 2 N–H and O–H groups in total. The molecule has 0 saturated carbocycles. The van der Waals surface area contributed by atoms with E-state index in [1.807, 2.05) is 0 Å². The molecule has 0 aromatic rings. The van der Waals surface area contributed by atoms with Crippen LogP contribution >= 0.6 is 11.6 Å². The van der Waals surface area contributed by atoms with Crippen molar-refractivity contribution < 1.29 is 9.90 Å². The van der Waals surface area contributed by atoms with Crippen molar-refractivity contribution in [3.8, 4) is 0 Å². The summed E-state index contributed by atoms with van der Waals surface area (Å²) >= 11 is 5.46. The monoisotopic (exact) mass is 149 g/mol. The van der Waals surface area contributed by atoms with Gasteiger partial charge in [0.2, 0.25) is 5.91 Å². The van der Waals surface area contributed by atoms with Crippen LogP contribution in [0.3, 0.4) is 0 Å². The van der Waals surface area contributed by atoms with Crippen LogP contribution in [0.1, 0.15) is 6.42 Å². The minimum atomic E-state index is -0.751. The topological polar surface area (TPSA) is 49.3 Å². The first-order valence-corrected chi connectivity index (χ1v) is 3.25. The van der Waals surface area contributed by atoms with Gasteiger partial charge in [0, 0.05) is 6.54 Å². The number of aliphatic hydroxyl groups is 1. The lowest BCUT2D eigenvalue weighted by atomic mass is 10.1. The van der Waals surface area contributed by atoms with Crippen LogP contribution in [0.2, 0.25) is 0 Å². The molecular formula is C5H8ClNO2. The van der Waals surface area contributed by atoms with Gasteiger partial charge < -0.3 is 10.4 Å². The van der Waals surface area contributed by atoms with Gasteiger partial charge in [-0.25, -0.2) is 0 Å². The number of rotatable bonds is 0. The van der Waals surface area contributed by atoms with Crippen molar-refractivity contribution in [3.05, 3.63) is 0 Å². The number of hydrogen-bond donors (Lipinski definition) is 2. The molecule has 1 heterocycles. The van der Waals surface area contributed by atoms with Gasteiger partial charge in [-0.3, -0.25) is 4.79 Å². The molecule has 1 rings (SSSR count). The van der Waals surface area contributed by atoms with E-state index < -0.39 is 11.5 Å².